The topological polar surface area (TPSA) is 85.8 Å². The van der Waals surface area contributed by atoms with Crippen molar-refractivity contribution in [3.8, 4) is 0 Å². The number of hydrogen-bond donors (Lipinski definition) is 1. The van der Waals surface area contributed by atoms with Crippen molar-refractivity contribution in [1.82, 2.24) is 20.1 Å². The van der Waals surface area contributed by atoms with Crippen LogP contribution in [0.1, 0.15) is 12.0 Å². The molecule has 4 amide bonds. The van der Waals surface area contributed by atoms with Gasteiger partial charge in [-0.2, -0.15) is 0 Å². The van der Waals surface area contributed by atoms with E-state index < -0.39 is 18.0 Å². The van der Waals surface area contributed by atoms with Crippen molar-refractivity contribution in [3.05, 3.63) is 59.2 Å². The Balaban J connectivity index is 1.32. The first-order chi connectivity index (χ1) is 14.5. The zero-order valence-corrected chi connectivity index (χ0v) is 17.1. The third-order valence-corrected chi connectivity index (χ3v) is 5.75. The van der Waals surface area contributed by atoms with Crippen LogP contribution in [0, 0.1) is 0 Å². The van der Waals surface area contributed by atoms with Crippen LogP contribution in [0.4, 0.5) is 10.6 Å². The minimum Gasteiger partial charge on any atom is -0.353 e. The van der Waals surface area contributed by atoms with Crippen LogP contribution in [0.3, 0.4) is 0 Å². The van der Waals surface area contributed by atoms with E-state index in [1.807, 2.05) is 18.2 Å². The summed E-state index contributed by atoms with van der Waals surface area (Å²) in [6, 6.07) is 11.5. The van der Waals surface area contributed by atoms with Crippen LogP contribution < -0.4 is 10.2 Å². The van der Waals surface area contributed by atoms with Gasteiger partial charge in [0.15, 0.2) is 0 Å². The van der Waals surface area contributed by atoms with E-state index in [-0.39, 0.29) is 18.9 Å². The average molecular weight is 428 g/mol. The Morgan fingerprint density at radius 3 is 2.50 bits per heavy atom. The summed E-state index contributed by atoms with van der Waals surface area (Å²) >= 11 is 6.14. The Bertz CT molecular complexity index is 947. The molecule has 0 aliphatic carbocycles. The second-order valence-electron chi connectivity index (χ2n) is 7.28. The van der Waals surface area contributed by atoms with E-state index in [1.54, 1.807) is 35.4 Å². The molecule has 4 rings (SSSR count). The predicted molar refractivity (Wildman–Crippen MR) is 112 cm³/mol. The Hall–Kier alpha value is -3.13. The molecule has 0 radical (unpaired) electrons. The molecule has 1 atom stereocenters. The van der Waals surface area contributed by atoms with Gasteiger partial charge >= 0.3 is 6.03 Å². The fraction of sp³-hybridized carbons (Fsp3) is 0.333. The molecule has 156 valence electrons. The van der Waals surface area contributed by atoms with Gasteiger partial charge in [-0.3, -0.25) is 14.5 Å². The number of benzene rings is 1. The van der Waals surface area contributed by atoms with Crippen LogP contribution in [-0.2, 0) is 16.1 Å². The Morgan fingerprint density at radius 1 is 1.07 bits per heavy atom. The third-order valence-electron chi connectivity index (χ3n) is 5.38. The molecule has 2 aromatic rings. The molecule has 2 aliphatic rings. The second-order valence-corrected chi connectivity index (χ2v) is 7.68. The molecular weight excluding hydrogens is 406 g/mol. The number of pyridine rings is 1. The summed E-state index contributed by atoms with van der Waals surface area (Å²) in [7, 11) is 0. The maximum Gasteiger partial charge on any atom is 0.325 e. The van der Waals surface area contributed by atoms with Gasteiger partial charge in [0.1, 0.15) is 11.9 Å². The third kappa shape index (κ3) is 4.23. The fourth-order valence-electron chi connectivity index (χ4n) is 3.69. The monoisotopic (exact) mass is 427 g/mol. The van der Waals surface area contributed by atoms with Crippen molar-refractivity contribution in [3.63, 3.8) is 0 Å². The second kappa shape index (κ2) is 8.71. The van der Waals surface area contributed by atoms with Crippen LogP contribution >= 0.6 is 11.6 Å². The van der Waals surface area contributed by atoms with Gasteiger partial charge in [0.05, 0.1) is 13.0 Å². The Kier molecular flexibility index (Phi) is 5.85. The number of aromatic nitrogens is 1. The fourth-order valence-corrected chi connectivity index (χ4v) is 3.89. The summed E-state index contributed by atoms with van der Waals surface area (Å²) in [6.07, 6.45) is 1.70. The first-order valence-electron chi connectivity index (χ1n) is 9.82. The van der Waals surface area contributed by atoms with E-state index in [0.29, 0.717) is 36.8 Å². The highest BCUT2D eigenvalue weighted by Crippen LogP contribution is 2.21. The number of urea groups is 1. The van der Waals surface area contributed by atoms with Crippen LogP contribution in [-0.4, -0.2) is 64.9 Å². The van der Waals surface area contributed by atoms with Crippen LogP contribution in [0.25, 0.3) is 0 Å². The highest BCUT2D eigenvalue weighted by atomic mass is 35.5. The molecule has 1 aromatic heterocycles. The van der Waals surface area contributed by atoms with Gasteiger partial charge in [0.25, 0.3) is 5.91 Å². The molecule has 0 saturated carbocycles. The first kappa shape index (κ1) is 20.2. The number of amides is 4. The molecule has 3 heterocycles. The van der Waals surface area contributed by atoms with E-state index in [0.717, 1.165) is 10.7 Å². The van der Waals surface area contributed by atoms with E-state index in [9.17, 15) is 14.4 Å². The summed E-state index contributed by atoms with van der Waals surface area (Å²) in [5, 5.41) is 3.11. The quantitative estimate of drug-likeness (QED) is 0.736. The molecule has 2 aliphatic heterocycles. The Morgan fingerprint density at radius 2 is 1.80 bits per heavy atom. The highest BCUT2D eigenvalue weighted by molar-refractivity contribution is 6.31. The van der Waals surface area contributed by atoms with E-state index >= 15 is 0 Å². The van der Waals surface area contributed by atoms with Crippen LogP contribution in [0.5, 0.6) is 0 Å². The number of nitrogens with one attached hydrogen (secondary N) is 1. The zero-order chi connectivity index (χ0) is 21.1. The van der Waals surface area contributed by atoms with Gasteiger partial charge in [-0.05, 0) is 23.8 Å². The normalized spacial score (nSPS) is 19.2. The van der Waals surface area contributed by atoms with Gasteiger partial charge < -0.3 is 15.1 Å². The van der Waals surface area contributed by atoms with Crippen LogP contribution in [0.2, 0.25) is 5.02 Å². The number of carbonyl (C=O) groups excluding carboxylic acids is 3. The van der Waals surface area contributed by atoms with Crippen LogP contribution in [0.15, 0.2) is 48.7 Å². The summed E-state index contributed by atoms with van der Waals surface area (Å²) in [5.41, 5.74) is 0.681. The largest absolute Gasteiger partial charge is 0.353 e. The molecule has 1 N–H and O–H groups in total. The van der Waals surface area contributed by atoms with E-state index in [1.165, 1.54) is 0 Å². The molecule has 2 fully saturated rings. The number of hydrogen-bond acceptors (Lipinski definition) is 5. The smallest absolute Gasteiger partial charge is 0.325 e. The summed E-state index contributed by atoms with van der Waals surface area (Å²) in [6.45, 7) is 2.53. The van der Waals surface area contributed by atoms with Crippen molar-refractivity contribution < 1.29 is 14.4 Å². The molecule has 2 saturated heterocycles. The molecule has 30 heavy (non-hydrogen) atoms. The van der Waals surface area contributed by atoms with Gasteiger partial charge in [-0.15, -0.1) is 0 Å². The lowest BCUT2D eigenvalue weighted by atomic mass is 10.1. The van der Waals surface area contributed by atoms with Crippen molar-refractivity contribution in [2.24, 2.45) is 0 Å². The maximum absolute atomic E-state index is 12.7. The van der Waals surface area contributed by atoms with Gasteiger partial charge in [-0.25, -0.2) is 9.78 Å². The lowest BCUT2D eigenvalue weighted by molar-refractivity contribution is -0.136. The minimum atomic E-state index is -0.846. The Labute approximate surface area is 179 Å². The predicted octanol–water partition coefficient (Wildman–Crippen LogP) is 1.89. The standard InChI is InChI=1S/C21H22ClN5O3/c22-16-6-2-1-5-15(16)14-27-20(29)17(24-21(27)30)13-19(28)26-11-9-25(10-12-26)18-7-3-4-8-23-18/h1-8,17H,9-14H2,(H,24,30)/t17-/m0/s1. The lowest BCUT2D eigenvalue weighted by Gasteiger charge is -2.35. The molecule has 9 heteroatoms. The van der Waals surface area contributed by atoms with Gasteiger partial charge in [-0.1, -0.05) is 35.9 Å². The molecule has 1 aromatic carbocycles. The lowest BCUT2D eigenvalue weighted by Crippen LogP contribution is -2.50. The molecule has 0 bridgehead atoms. The summed E-state index contributed by atoms with van der Waals surface area (Å²) in [5.74, 6) is 0.340. The summed E-state index contributed by atoms with van der Waals surface area (Å²) < 4.78 is 0. The molecule has 0 unspecified atom stereocenters. The number of anilines is 1. The van der Waals surface area contributed by atoms with E-state index in [4.69, 9.17) is 11.6 Å². The average Bonchev–Trinajstić information content (AvgIpc) is 3.03. The zero-order valence-electron chi connectivity index (χ0n) is 16.3. The number of carbonyl (C=O) groups is 3. The van der Waals surface area contributed by atoms with E-state index in [2.05, 4.69) is 15.2 Å². The SMILES string of the molecule is O=C(C[C@@H]1NC(=O)N(Cc2ccccc2Cl)C1=O)N1CCN(c2ccccn2)CC1. The molecule has 0 spiro atoms. The van der Waals surface area contributed by atoms with Crippen molar-refractivity contribution in [2.75, 3.05) is 31.1 Å². The van der Waals surface area contributed by atoms with Gasteiger partial charge in [0, 0.05) is 37.4 Å². The molecular formula is C21H22ClN5O3. The number of rotatable bonds is 5. The first-order valence-corrected chi connectivity index (χ1v) is 10.2. The molecule has 8 nitrogen and oxygen atoms in total. The van der Waals surface area contributed by atoms with Crippen molar-refractivity contribution >= 4 is 35.3 Å². The number of nitrogens with zero attached hydrogens (tertiary/aromatic N) is 4. The summed E-state index contributed by atoms with van der Waals surface area (Å²) in [4.78, 5) is 47.0. The minimum absolute atomic E-state index is 0.0484. The number of imide groups is 1. The van der Waals surface area contributed by atoms with Crippen molar-refractivity contribution in [2.45, 2.75) is 19.0 Å². The number of piperazine rings is 1. The highest BCUT2D eigenvalue weighted by Gasteiger charge is 2.40. The van der Waals surface area contributed by atoms with Gasteiger partial charge in [0.2, 0.25) is 5.91 Å². The van der Waals surface area contributed by atoms with Crippen molar-refractivity contribution in [1.29, 1.82) is 0 Å². The maximum atomic E-state index is 12.7. The number of halogens is 1.